The van der Waals surface area contributed by atoms with Gasteiger partial charge in [0.25, 0.3) is 0 Å². The van der Waals surface area contributed by atoms with Crippen LogP contribution in [0.4, 0.5) is 31.5 Å². The molecule has 0 spiro atoms. The van der Waals surface area contributed by atoms with E-state index in [1.807, 2.05) is 0 Å². The molecule has 4 rings (SSSR count). The van der Waals surface area contributed by atoms with Crippen molar-refractivity contribution in [2.45, 2.75) is 45.8 Å². The van der Waals surface area contributed by atoms with Crippen molar-refractivity contribution in [2.24, 2.45) is 0 Å². The van der Waals surface area contributed by atoms with Gasteiger partial charge in [0.1, 0.15) is 17.2 Å². The molecule has 0 radical (unpaired) electrons. The van der Waals surface area contributed by atoms with Crippen molar-refractivity contribution in [3.05, 3.63) is 82.7 Å². The molecule has 2 aromatic carbocycles. The zero-order chi connectivity index (χ0) is 35.4. The normalized spacial score (nSPS) is 11.4. The largest absolute Gasteiger partial charge is 0.465 e. The summed E-state index contributed by atoms with van der Waals surface area (Å²) in [6.07, 6.45) is 0. The number of halogens is 2. The molecule has 47 heavy (non-hydrogen) atoms. The number of nitrogen functional groups attached to an aromatic ring is 4. The number of pyridine rings is 2. The number of ether oxygens (including phenoxy) is 2. The molecular formula is C33H38F2N6O6. The molecule has 0 saturated carbocycles. The van der Waals surface area contributed by atoms with E-state index >= 15 is 0 Å². The van der Waals surface area contributed by atoms with Gasteiger partial charge in [-0.15, -0.1) is 0 Å². The Bertz CT molecular complexity index is 1820. The number of carbonyl (C=O) groups excluding carboxylic acids is 2. The lowest BCUT2D eigenvalue weighted by atomic mass is 9.92. The Hall–Kier alpha value is -5.34. The zero-order valence-electron chi connectivity index (χ0n) is 26.8. The van der Waals surface area contributed by atoms with E-state index in [9.17, 15) is 28.6 Å². The summed E-state index contributed by atoms with van der Waals surface area (Å²) in [5.41, 5.74) is 23.1. The maximum absolute atomic E-state index is 14.0. The lowest BCUT2D eigenvalue weighted by Gasteiger charge is -2.23. The Morgan fingerprint density at radius 2 is 1.30 bits per heavy atom. The number of methoxy groups -OCH3 is 1. The Labute approximate surface area is 270 Å². The highest BCUT2D eigenvalue weighted by molar-refractivity contribution is 6.00. The molecule has 0 fully saturated rings. The number of aromatic nitrogens is 2. The Morgan fingerprint density at radius 3 is 1.83 bits per heavy atom. The zero-order valence-corrected chi connectivity index (χ0v) is 26.8. The van der Waals surface area contributed by atoms with E-state index in [1.165, 1.54) is 38.1 Å². The predicted octanol–water partition coefficient (Wildman–Crippen LogP) is 4.52. The molecule has 12 nitrogen and oxygen atoms in total. The number of anilines is 4. The molecule has 250 valence electrons. The fourth-order valence-electron chi connectivity index (χ4n) is 4.54. The Kier molecular flexibility index (Phi) is 10.7. The minimum Gasteiger partial charge on any atom is -0.465 e. The summed E-state index contributed by atoms with van der Waals surface area (Å²) < 4.78 is 37.3. The number of carbonyl (C=O) groups is 2. The van der Waals surface area contributed by atoms with Gasteiger partial charge in [-0.3, -0.25) is 0 Å². The molecule has 0 atom stereocenters. The fraction of sp³-hybridized carbons (Fsp3) is 0.273. The van der Waals surface area contributed by atoms with Crippen molar-refractivity contribution >= 4 is 34.7 Å². The third-order valence-electron chi connectivity index (χ3n) is 6.81. The van der Waals surface area contributed by atoms with E-state index in [-0.39, 0.29) is 57.4 Å². The highest BCUT2D eigenvalue weighted by atomic mass is 19.1. The van der Waals surface area contributed by atoms with Crippen LogP contribution in [-0.4, -0.2) is 45.8 Å². The maximum atomic E-state index is 14.0. The van der Waals surface area contributed by atoms with Gasteiger partial charge in [-0.25, -0.2) is 28.3 Å². The highest BCUT2D eigenvalue weighted by Gasteiger charge is 2.26. The van der Waals surface area contributed by atoms with Crippen molar-refractivity contribution in [3.8, 4) is 22.5 Å². The van der Waals surface area contributed by atoms with Crippen LogP contribution in [0.3, 0.4) is 0 Å². The van der Waals surface area contributed by atoms with Gasteiger partial charge in [0.2, 0.25) is 0 Å². The van der Waals surface area contributed by atoms with Gasteiger partial charge >= 0.3 is 11.9 Å². The molecule has 0 aliphatic heterocycles. The van der Waals surface area contributed by atoms with Crippen LogP contribution in [0.15, 0.2) is 48.5 Å². The van der Waals surface area contributed by atoms with Gasteiger partial charge < -0.3 is 42.6 Å². The lowest BCUT2D eigenvalue weighted by molar-refractivity contribution is 0.0519. The molecule has 2 heterocycles. The van der Waals surface area contributed by atoms with E-state index in [0.717, 1.165) is 19.2 Å². The van der Waals surface area contributed by atoms with E-state index in [2.05, 4.69) is 14.7 Å². The first kappa shape index (κ1) is 36.1. The van der Waals surface area contributed by atoms with Gasteiger partial charge in [-0.2, -0.15) is 0 Å². The summed E-state index contributed by atoms with van der Waals surface area (Å²) in [6, 6.07) is 10.6. The molecule has 0 bridgehead atoms. The van der Waals surface area contributed by atoms with Crippen LogP contribution >= 0.6 is 0 Å². The van der Waals surface area contributed by atoms with E-state index in [4.69, 9.17) is 27.7 Å². The van der Waals surface area contributed by atoms with Crippen LogP contribution in [0.25, 0.3) is 22.5 Å². The van der Waals surface area contributed by atoms with Crippen LogP contribution in [0.1, 0.15) is 66.7 Å². The molecule has 0 saturated heterocycles. The average Bonchev–Trinajstić information content (AvgIpc) is 2.98. The summed E-state index contributed by atoms with van der Waals surface area (Å²) in [7, 11) is 1.16. The minimum absolute atomic E-state index is 0.0182. The third kappa shape index (κ3) is 8.28. The van der Waals surface area contributed by atoms with E-state index in [0.29, 0.717) is 16.9 Å². The second-order valence-corrected chi connectivity index (χ2v) is 11.4. The first-order valence-corrected chi connectivity index (χ1v) is 14.2. The number of nitrogens with zero attached hydrogens (tertiary/aromatic N) is 2. The molecular weight excluding hydrogens is 614 g/mol. The van der Waals surface area contributed by atoms with Crippen molar-refractivity contribution in [1.82, 2.24) is 9.97 Å². The number of rotatable bonds is 7. The lowest BCUT2D eigenvalue weighted by Crippen LogP contribution is -2.21. The van der Waals surface area contributed by atoms with Crippen LogP contribution < -0.4 is 22.9 Å². The molecule has 0 unspecified atom stereocenters. The van der Waals surface area contributed by atoms with Crippen molar-refractivity contribution < 1.29 is 38.1 Å². The SMILES string of the molecule is CC(C)(O)c1cc(F)cc(-c2ccc(N)c(C(C)(C)O)n2)c1N.CCOC(=O)c1nc(-c2cc(F)cc(C(=O)OC)c2N)ccc1N. The number of hydrogen-bond acceptors (Lipinski definition) is 12. The van der Waals surface area contributed by atoms with Crippen molar-refractivity contribution in [3.63, 3.8) is 0 Å². The molecule has 0 aliphatic carbocycles. The first-order valence-electron chi connectivity index (χ1n) is 14.2. The molecule has 0 amide bonds. The number of aliphatic hydroxyl groups is 2. The van der Waals surface area contributed by atoms with Gasteiger partial charge in [-0.1, -0.05) is 0 Å². The minimum atomic E-state index is -1.30. The number of esters is 2. The topological polar surface area (TPSA) is 223 Å². The van der Waals surface area contributed by atoms with E-state index < -0.39 is 34.8 Å². The van der Waals surface area contributed by atoms with Crippen LogP contribution in [0.2, 0.25) is 0 Å². The molecule has 0 aliphatic rings. The van der Waals surface area contributed by atoms with Gasteiger partial charge in [-0.05, 0) is 83.1 Å². The highest BCUT2D eigenvalue weighted by Crippen LogP contribution is 2.36. The van der Waals surface area contributed by atoms with Gasteiger partial charge in [0.15, 0.2) is 5.69 Å². The summed E-state index contributed by atoms with van der Waals surface area (Å²) in [6.45, 7) is 7.98. The average molecular weight is 653 g/mol. The Morgan fingerprint density at radius 1 is 0.766 bits per heavy atom. The first-order chi connectivity index (χ1) is 21.8. The number of hydrogen-bond donors (Lipinski definition) is 6. The molecule has 10 N–H and O–H groups in total. The molecule has 14 heteroatoms. The standard InChI is InChI=1S/C17H22FN3O2.C16H16FN3O4/c1-16(2,22)11-8-9(18)7-10(14(11)20)13-6-5-12(19)15(21-13)17(3,4)23;1-3-24-16(22)14-11(18)4-5-12(20-14)9-6-8(17)7-10(13(9)19)15(21)23-2/h5-8,22-23H,19-20H2,1-4H3;4-7H,3,18-19H2,1-2H3. The smallest absolute Gasteiger partial charge is 0.359 e. The second-order valence-electron chi connectivity index (χ2n) is 11.4. The maximum Gasteiger partial charge on any atom is 0.359 e. The fourth-order valence-corrected chi connectivity index (χ4v) is 4.54. The number of nitrogens with two attached hydrogens (primary N) is 4. The van der Waals surface area contributed by atoms with Crippen LogP contribution in [-0.2, 0) is 20.7 Å². The summed E-state index contributed by atoms with van der Waals surface area (Å²) in [5, 5.41) is 20.3. The third-order valence-corrected chi connectivity index (χ3v) is 6.81. The predicted molar refractivity (Wildman–Crippen MR) is 175 cm³/mol. The monoisotopic (exact) mass is 652 g/mol. The summed E-state index contributed by atoms with van der Waals surface area (Å²) in [4.78, 5) is 32.0. The molecule has 4 aromatic rings. The van der Waals surface area contributed by atoms with Gasteiger partial charge in [0, 0.05) is 22.4 Å². The van der Waals surface area contributed by atoms with Crippen molar-refractivity contribution in [2.75, 3.05) is 36.7 Å². The Balaban J connectivity index is 0.000000256. The van der Waals surface area contributed by atoms with E-state index in [1.54, 1.807) is 32.9 Å². The van der Waals surface area contributed by atoms with Crippen molar-refractivity contribution in [1.29, 1.82) is 0 Å². The second kappa shape index (κ2) is 14.0. The van der Waals surface area contributed by atoms with Gasteiger partial charge in [0.05, 0.1) is 59.0 Å². The van der Waals surface area contributed by atoms with Crippen LogP contribution in [0.5, 0.6) is 0 Å². The van der Waals surface area contributed by atoms with Crippen LogP contribution in [0, 0.1) is 11.6 Å². The quantitative estimate of drug-likeness (QED) is 0.120. The number of benzene rings is 2. The summed E-state index contributed by atoms with van der Waals surface area (Å²) in [5.74, 6) is -2.72. The molecule has 2 aromatic heterocycles. The summed E-state index contributed by atoms with van der Waals surface area (Å²) >= 11 is 0.